The van der Waals surface area contributed by atoms with Crippen LogP contribution >= 0.6 is 27.5 Å². The molecule has 5 heteroatoms. The summed E-state index contributed by atoms with van der Waals surface area (Å²) in [4.78, 5) is 4.47. The summed E-state index contributed by atoms with van der Waals surface area (Å²) in [6, 6.07) is 4.02. The monoisotopic (exact) mass is 313 g/mol. The first kappa shape index (κ1) is 11.5. The molecule has 1 aliphatic rings. The molecule has 2 aromatic rings. The van der Waals surface area contributed by atoms with Crippen LogP contribution in [0, 0.1) is 5.92 Å². The predicted molar refractivity (Wildman–Crippen MR) is 72.6 cm³/mol. The van der Waals surface area contributed by atoms with Crippen molar-refractivity contribution in [2.75, 3.05) is 13.1 Å². The highest BCUT2D eigenvalue weighted by molar-refractivity contribution is 9.10. The van der Waals surface area contributed by atoms with Crippen molar-refractivity contribution >= 4 is 33.0 Å². The van der Waals surface area contributed by atoms with E-state index in [2.05, 4.69) is 30.6 Å². The molecule has 0 bridgehead atoms. The van der Waals surface area contributed by atoms with Crippen LogP contribution in [0.2, 0.25) is 5.15 Å². The first-order valence-corrected chi connectivity index (χ1v) is 6.94. The molecule has 1 saturated heterocycles. The largest absolute Gasteiger partial charge is 0.316 e. The molecule has 0 aliphatic carbocycles. The SMILES string of the molecule is Clc1nc(CC2CCNC2)n2ccc(Br)cc12. The number of halogens is 2. The Kier molecular flexibility index (Phi) is 3.11. The molecule has 1 atom stereocenters. The van der Waals surface area contributed by atoms with E-state index in [0.29, 0.717) is 11.1 Å². The molecule has 2 aromatic heterocycles. The minimum Gasteiger partial charge on any atom is -0.316 e. The summed E-state index contributed by atoms with van der Waals surface area (Å²) >= 11 is 9.62. The fraction of sp³-hybridized carbons (Fsp3) is 0.417. The number of nitrogens with one attached hydrogen (secondary N) is 1. The van der Waals surface area contributed by atoms with Gasteiger partial charge in [-0.25, -0.2) is 4.98 Å². The minimum absolute atomic E-state index is 0.590. The topological polar surface area (TPSA) is 29.3 Å². The Hall–Kier alpha value is -0.580. The van der Waals surface area contributed by atoms with Gasteiger partial charge >= 0.3 is 0 Å². The average Bonchev–Trinajstić information content (AvgIpc) is 2.89. The van der Waals surface area contributed by atoms with Gasteiger partial charge < -0.3 is 9.72 Å². The van der Waals surface area contributed by atoms with Gasteiger partial charge in [0.25, 0.3) is 0 Å². The van der Waals surface area contributed by atoms with Crippen molar-refractivity contribution in [3.8, 4) is 0 Å². The molecule has 1 N–H and O–H groups in total. The third-order valence-electron chi connectivity index (χ3n) is 3.27. The maximum Gasteiger partial charge on any atom is 0.155 e. The van der Waals surface area contributed by atoms with Gasteiger partial charge in [-0.3, -0.25) is 0 Å². The zero-order chi connectivity index (χ0) is 11.8. The number of fused-ring (bicyclic) bond motifs is 1. The number of nitrogens with zero attached hydrogens (tertiary/aromatic N) is 2. The maximum atomic E-state index is 6.17. The highest BCUT2D eigenvalue weighted by atomic mass is 79.9. The minimum atomic E-state index is 0.590. The van der Waals surface area contributed by atoms with Crippen LogP contribution < -0.4 is 5.32 Å². The number of hydrogen-bond donors (Lipinski definition) is 1. The molecule has 3 nitrogen and oxygen atoms in total. The average molecular weight is 315 g/mol. The van der Waals surface area contributed by atoms with Crippen LogP contribution in [0.1, 0.15) is 12.2 Å². The maximum absolute atomic E-state index is 6.17. The molecule has 0 amide bonds. The molecule has 3 rings (SSSR count). The molecule has 1 aliphatic heterocycles. The Labute approximate surface area is 113 Å². The zero-order valence-electron chi connectivity index (χ0n) is 9.29. The highest BCUT2D eigenvalue weighted by Gasteiger charge is 2.18. The molecule has 1 unspecified atom stereocenters. The summed E-state index contributed by atoms with van der Waals surface area (Å²) in [5, 5.41) is 3.97. The van der Waals surface area contributed by atoms with Crippen LogP contribution in [-0.2, 0) is 6.42 Å². The van der Waals surface area contributed by atoms with Crippen molar-refractivity contribution in [3.63, 3.8) is 0 Å². The van der Waals surface area contributed by atoms with Crippen LogP contribution in [0.25, 0.3) is 5.52 Å². The van der Waals surface area contributed by atoms with Crippen molar-refractivity contribution in [3.05, 3.63) is 33.8 Å². The fourth-order valence-corrected chi connectivity index (χ4v) is 2.95. The van der Waals surface area contributed by atoms with Gasteiger partial charge in [0.05, 0.1) is 5.52 Å². The van der Waals surface area contributed by atoms with E-state index < -0.39 is 0 Å². The van der Waals surface area contributed by atoms with Crippen LogP contribution in [0.15, 0.2) is 22.8 Å². The molecule has 17 heavy (non-hydrogen) atoms. The zero-order valence-corrected chi connectivity index (χ0v) is 11.6. The van der Waals surface area contributed by atoms with E-state index in [1.54, 1.807) is 0 Å². The summed E-state index contributed by atoms with van der Waals surface area (Å²) in [6.45, 7) is 2.20. The predicted octanol–water partition coefficient (Wildman–Crippen LogP) is 2.90. The molecule has 90 valence electrons. The van der Waals surface area contributed by atoms with Gasteiger partial charge in [0.1, 0.15) is 5.82 Å². The summed E-state index contributed by atoms with van der Waals surface area (Å²) in [5.74, 6) is 1.74. The van der Waals surface area contributed by atoms with Crippen LogP contribution in [0.4, 0.5) is 0 Å². The lowest BCUT2D eigenvalue weighted by atomic mass is 10.1. The molecular formula is C12H13BrClN3. The Morgan fingerprint density at radius 1 is 1.59 bits per heavy atom. The van der Waals surface area contributed by atoms with E-state index in [0.717, 1.165) is 35.3 Å². The van der Waals surface area contributed by atoms with Crippen molar-refractivity contribution in [1.82, 2.24) is 14.7 Å². The third-order valence-corrected chi connectivity index (χ3v) is 4.04. The van der Waals surface area contributed by atoms with Gasteiger partial charge in [-0.1, -0.05) is 27.5 Å². The number of imidazole rings is 1. The Morgan fingerprint density at radius 2 is 2.47 bits per heavy atom. The molecule has 0 saturated carbocycles. The van der Waals surface area contributed by atoms with E-state index in [4.69, 9.17) is 11.6 Å². The van der Waals surface area contributed by atoms with Crippen molar-refractivity contribution in [1.29, 1.82) is 0 Å². The Balaban J connectivity index is 1.98. The normalized spacial score (nSPS) is 20.2. The second kappa shape index (κ2) is 4.59. The quantitative estimate of drug-likeness (QED) is 0.923. The summed E-state index contributed by atoms with van der Waals surface area (Å²) in [7, 11) is 0. The van der Waals surface area contributed by atoms with Gasteiger partial charge in [-0.15, -0.1) is 0 Å². The molecular weight excluding hydrogens is 302 g/mol. The Morgan fingerprint density at radius 3 is 3.24 bits per heavy atom. The number of pyridine rings is 1. The second-order valence-electron chi connectivity index (χ2n) is 4.48. The van der Waals surface area contributed by atoms with E-state index in [1.807, 2.05) is 18.3 Å². The van der Waals surface area contributed by atoms with Gasteiger partial charge in [0, 0.05) is 17.1 Å². The van der Waals surface area contributed by atoms with Gasteiger partial charge in [0.2, 0.25) is 0 Å². The standard InChI is InChI=1S/C12H13BrClN3/c13-9-2-4-17-10(6-9)12(14)16-11(17)5-8-1-3-15-7-8/h2,4,6,8,15H,1,3,5,7H2. The fourth-order valence-electron chi connectivity index (χ4n) is 2.37. The lowest BCUT2D eigenvalue weighted by Gasteiger charge is -2.06. The van der Waals surface area contributed by atoms with Gasteiger partial charge in [-0.2, -0.15) is 0 Å². The van der Waals surface area contributed by atoms with E-state index in [9.17, 15) is 0 Å². The smallest absolute Gasteiger partial charge is 0.155 e. The van der Waals surface area contributed by atoms with Gasteiger partial charge in [-0.05, 0) is 37.6 Å². The highest BCUT2D eigenvalue weighted by Crippen LogP contribution is 2.24. The van der Waals surface area contributed by atoms with E-state index >= 15 is 0 Å². The number of hydrogen-bond acceptors (Lipinski definition) is 2. The van der Waals surface area contributed by atoms with Crippen molar-refractivity contribution in [2.45, 2.75) is 12.8 Å². The molecule has 1 fully saturated rings. The lowest BCUT2D eigenvalue weighted by molar-refractivity contribution is 0.560. The van der Waals surface area contributed by atoms with Crippen LogP contribution in [0.5, 0.6) is 0 Å². The first-order chi connectivity index (χ1) is 8.24. The van der Waals surface area contributed by atoms with Crippen LogP contribution in [0.3, 0.4) is 0 Å². The molecule has 0 radical (unpaired) electrons. The summed E-state index contributed by atoms with van der Waals surface area (Å²) < 4.78 is 3.12. The Bertz CT molecular complexity index is 546. The van der Waals surface area contributed by atoms with E-state index in [-0.39, 0.29) is 0 Å². The molecule has 0 spiro atoms. The summed E-state index contributed by atoms with van der Waals surface area (Å²) in [6.07, 6.45) is 4.24. The van der Waals surface area contributed by atoms with Crippen LogP contribution in [-0.4, -0.2) is 22.5 Å². The first-order valence-electron chi connectivity index (χ1n) is 5.77. The lowest BCUT2D eigenvalue weighted by Crippen LogP contribution is -2.12. The number of aromatic nitrogens is 2. The summed E-state index contributed by atoms with van der Waals surface area (Å²) in [5.41, 5.74) is 0.974. The van der Waals surface area contributed by atoms with E-state index in [1.165, 1.54) is 6.42 Å². The van der Waals surface area contributed by atoms with Gasteiger partial charge in [0.15, 0.2) is 5.15 Å². The molecule has 3 heterocycles. The van der Waals surface area contributed by atoms with Crippen molar-refractivity contribution in [2.24, 2.45) is 5.92 Å². The van der Waals surface area contributed by atoms with Crippen molar-refractivity contribution < 1.29 is 0 Å². The molecule has 0 aromatic carbocycles. The third kappa shape index (κ3) is 2.21. The number of rotatable bonds is 2. The second-order valence-corrected chi connectivity index (χ2v) is 5.76.